The third-order valence-corrected chi connectivity index (χ3v) is 7.20. The highest BCUT2D eigenvalue weighted by atomic mass is 127. The van der Waals surface area contributed by atoms with E-state index in [0.29, 0.717) is 0 Å². The molecular formula is C20H25IN2O3. The minimum Gasteiger partial charge on any atom is -0.326 e. The minimum atomic E-state index is -0.519. The molecule has 2 aliphatic rings. The first kappa shape index (κ1) is 19.3. The summed E-state index contributed by atoms with van der Waals surface area (Å²) in [6, 6.07) is 5.80. The summed E-state index contributed by atoms with van der Waals surface area (Å²) in [6.07, 6.45) is 1.60. The first-order valence-electron chi connectivity index (χ1n) is 9.00. The maximum Gasteiger partial charge on any atom is 0.235 e. The van der Waals surface area contributed by atoms with E-state index in [4.69, 9.17) is 0 Å². The van der Waals surface area contributed by atoms with E-state index in [1.807, 2.05) is 45.9 Å². The van der Waals surface area contributed by atoms with Crippen molar-refractivity contribution < 1.29 is 14.4 Å². The molecule has 5 nitrogen and oxygen atoms in total. The summed E-state index contributed by atoms with van der Waals surface area (Å²) in [7, 11) is 0. The van der Waals surface area contributed by atoms with Crippen LogP contribution in [0.2, 0.25) is 0 Å². The molecule has 2 atom stereocenters. The van der Waals surface area contributed by atoms with Crippen molar-refractivity contribution in [3.05, 3.63) is 27.3 Å². The van der Waals surface area contributed by atoms with E-state index >= 15 is 0 Å². The van der Waals surface area contributed by atoms with Crippen molar-refractivity contribution in [2.45, 2.75) is 47.0 Å². The molecule has 0 radical (unpaired) electrons. The first-order valence-corrected chi connectivity index (χ1v) is 10.1. The maximum absolute atomic E-state index is 13.0. The smallest absolute Gasteiger partial charge is 0.235 e. The highest BCUT2D eigenvalue weighted by Gasteiger charge is 2.64. The number of hydrogen-bond donors (Lipinski definition) is 1. The number of anilines is 1. The number of carbonyl (C=O) groups excluding carboxylic acids is 3. The number of rotatable bonds is 4. The molecule has 2 fully saturated rings. The molecule has 3 amide bonds. The van der Waals surface area contributed by atoms with Gasteiger partial charge in [0.2, 0.25) is 17.7 Å². The summed E-state index contributed by atoms with van der Waals surface area (Å²) in [5.74, 6) is -0.559. The Bertz CT molecular complexity index is 789. The van der Waals surface area contributed by atoms with Crippen LogP contribution in [0.4, 0.5) is 5.69 Å². The van der Waals surface area contributed by atoms with Gasteiger partial charge >= 0.3 is 0 Å². The summed E-state index contributed by atoms with van der Waals surface area (Å²) >= 11 is 2.23. The SMILES string of the molecule is Cc1cc(I)ccc1NC(=O)CCN1C(=O)C2CCC(C)(C1=O)C2(C)C. The highest BCUT2D eigenvalue weighted by molar-refractivity contribution is 14.1. The van der Waals surface area contributed by atoms with Crippen LogP contribution in [-0.2, 0) is 14.4 Å². The molecule has 1 aliphatic carbocycles. The third kappa shape index (κ3) is 2.96. The molecular weight excluding hydrogens is 443 g/mol. The quantitative estimate of drug-likeness (QED) is 0.541. The topological polar surface area (TPSA) is 66.5 Å². The van der Waals surface area contributed by atoms with Gasteiger partial charge in [0, 0.05) is 28.1 Å². The summed E-state index contributed by atoms with van der Waals surface area (Å²) in [5, 5.41) is 2.88. The molecule has 0 aromatic heterocycles. The fraction of sp³-hybridized carbons (Fsp3) is 0.550. The number of nitrogens with one attached hydrogen (secondary N) is 1. The Morgan fingerprint density at radius 1 is 1.31 bits per heavy atom. The monoisotopic (exact) mass is 468 g/mol. The van der Waals surface area contributed by atoms with Gasteiger partial charge in [-0.05, 0) is 71.5 Å². The van der Waals surface area contributed by atoms with Crippen LogP contribution >= 0.6 is 22.6 Å². The van der Waals surface area contributed by atoms with Crippen molar-refractivity contribution in [2.24, 2.45) is 16.7 Å². The molecule has 3 rings (SSSR count). The van der Waals surface area contributed by atoms with Crippen molar-refractivity contribution >= 4 is 46.0 Å². The number of imide groups is 1. The van der Waals surface area contributed by atoms with E-state index in [0.717, 1.165) is 27.7 Å². The number of fused-ring (bicyclic) bond motifs is 2. The van der Waals surface area contributed by atoms with Crippen LogP contribution in [-0.4, -0.2) is 29.2 Å². The minimum absolute atomic E-state index is 0.117. The number of likely N-dealkylation sites (tertiary alicyclic amines) is 1. The maximum atomic E-state index is 13.0. The van der Waals surface area contributed by atoms with Gasteiger partial charge in [0.1, 0.15) is 0 Å². The van der Waals surface area contributed by atoms with Crippen LogP contribution in [0.1, 0.15) is 45.6 Å². The van der Waals surface area contributed by atoms with Gasteiger partial charge in [-0.3, -0.25) is 19.3 Å². The van der Waals surface area contributed by atoms with Gasteiger partial charge in [-0.15, -0.1) is 0 Å². The van der Waals surface area contributed by atoms with E-state index in [-0.39, 0.29) is 42.0 Å². The second-order valence-corrected chi connectivity index (χ2v) is 9.44. The average molecular weight is 468 g/mol. The Kier molecular flexibility index (Phi) is 4.92. The molecule has 1 aliphatic heterocycles. The van der Waals surface area contributed by atoms with Crippen LogP contribution in [0.3, 0.4) is 0 Å². The van der Waals surface area contributed by atoms with Crippen LogP contribution in [0.15, 0.2) is 18.2 Å². The number of amides is 3. The second kappa shape index (κ2) is 6.62. The zero-order chi connectivity index (χ0) is 19.3. The predicted molar refractivity (Wildman–Crippen MR) is 108 cm³/mol. The van der Waals surface area contributed by atoms with Gasteiger partial charge in [0.25, 0.3) is 0 Å². The molecule has 2 bridgehead atoms. The first-order chi connectivity index (χ1) is 12.1. The van der Waals surface area contributed by atoms with Crippen molar-refractivity contribution in [2.75, 3.05) is 11.9 Å². The fourth-order valence-electron chi connectivity index (χ4n) is 4.31. The number of benzene rings is 1. The van der Waals surface area contributed by atoms with Gasteiger partial charge in [-0.25, -0.2) is 0 Å². The normalized spacial score (nSPS) is 27.0. The number of piperidine rings is 1. The number of carbonyl (C=O) groups is 3. The van der Waals surface area contributed by atoms with Gasteiger partial charge in [-0.1, -0.05) is 20.8 Å². The Hall–Kier alpha value is -1.44. The third-order valence-electron chi connectivity index (χ3n) is 6.53. The van der Waals surface area contributed by atoms with E-state index in [2.05, 4.69) is 27.9 Å². The number of aryl methyl sites for hydroxylation is 1. The second-order valence-electron chi connectivity index (χ2n) is 8.20. The molecule has 1 N–H and O–H groups in total. The van der Waals surface area contributed by atoms with Crippen LogP contribution in [0.5, 0.6) is 0 Å². The largest absolute Gasteiger partial charge is 0.326 e. The van der Waals surface area contributed by atoms with Crippen LogP contribution < -0.4 is 5.32 Å². The molecule has 140 valence electrons. The Balaban J connectivity index is 1.67. The summed E-state index contributed by atoms with van der Waals surface area (Å²) < 4.78 is 1.11. The number of halogens is 1. The molecule has 2 unspecified atom stereocenters. The molecule has 1 aromatic carbocycles. The van der Waals surface area contributed by atoms with E-state index in [9.17, 15) is 14.4 Å². The summed E-state index contributed by atoms with van der Waals surface area (Å²) in [6.45, 7) is 8.09. The Morgan fingerprint density at radius 3 is 2.65 bits per heavy atom. The van der Waals surface area contributed by atoms with E-state index in [1.165, 1.54) is 4.90 Å². The van der Waals surface area contributed by atoms with Gasteiger partial charge < -0.3 is 5.32 Å². The standard InChI is InChI=1S/C20H25IN2O3/c1-12-11-13(21)5-6-15(12)22-16(24)8-10-23-17(25)14-7-9-20(4,18(23)26)19(14,2)3/h5-6,11,14H,7-10H2,1-4H3,(H,22,24). The number of hydrogen-bond acceptors (Lipinski definition) is 3. The number of nitrogens with zero attached hydrogens (tertiary/aromatic N) is 1. The highest BCUT2D eigenvalue weighted by Crippen LogP contribution is 2.60. The van der Waals surface area contributed by atoms with Crippen molar-refractivity contribution in [3.63, 3.8) is 0 Å². The zero-order valence-corrected chi connectivity index (χ0v) is 17.8. The molecule has 1 aromatic rings. The zero-order valence-electron chi connectivity index (χ0n) is 15.7. The van der Waals surface area contributed by atoms with Crippen LogP contribution in [0, 0.1) is 27.2 Å². The van der Waals surface area contributed by atoms with Gasteiger partial charge in [0.15, 0.2) is 0 Å². The van der Waals surface area contributed by atoms with Gasteiger partial charge in [0.05, 0.1) is 5.41 Å². The molecule has 6 heteroatoms. The fourth-order valence-corrected chi connectivity index (χ4v) is 4.95. The van der Waals surface area contributed by atoms with Crippen LogP contribution in [0.25, 0.3) is 0 Å². The lowest BCUT2D eigenvalue weighted by molar-refractivity contribution is -0.167. The van der Waals surface area contributed by atoms with E-state index in [1.54, 1.807) is 0 Å². The van der Waals surface area contributed by atoms with Crippen molar-refractivity contribution in [3.8, 4) is 0 Å². The summed E-state index contributed by atoms with van der Waals surface area (Å²) in [4.78, 5) is 39.4. The Labute approximate surface area is 168 Å². The molecule has 26 heavy (non-hydrogen) atoms. The average Bonchev–Trinajstić information content (AvgIpc) is 2.74. The van der Waals surface area contributed by atoms with Crippen molar-refractivity contribution in [1.82, 2.24) is 4.90 Å². The van der Waals surface area contributed by atoms with Crippen molar-refractivity contribution in [1.29, 1.82) is 0 Å². The predicted octanol–water partition coefficient (Wildman–Crippen LogP) is 3.74. The summed E-state index contributed by atoms with van der Waals surface area (Å²) in [5.41, 5.74) is 0.912. The molecule has 1 saturated heterocycles. The Morgan fingerprint density at radius 2 is 2.00 bits per heavy atom. The lowest BCUT2D eigenvalue weighted by Gasteiger charge is -2.47. The molecule has 1 saturated carbocycles. The lowest BCUT2D eigenvalue weighted by atomic mass is 9.62. The van der Waals surface area contributed by atoms with E-state index < -0.39 is 5.41 Å². The lowest BCUT2D eigenvalue weighted by Crippen LogP contribution is -2.59. The molecule has 1 heterocycles. The molecule has 0 spiro atoms. The van der Waals surface area contributed by atoms with Gasteiger partial charge in [-0.2, -0.15) is 0 Å².